The fourth-order valence-electron chi connectivity index (χ4n) is 2.47. The molecule has 1 rings (SSSR count). The number of esters is 2. The van der Waals surface area contributed by atoms with E-state index in [1.54, 1.807) is 11.8 Å². The van der Waals surface area contributed by atoms with Crippen molar-refractivity contribution in [2.24, 2.45) is 0 Å². The van der Waals surface area contributed by atoms with Gasteiger partial charge in [-0.3, -0.25) is 9.59 Å². The van der Waals surface area contributed by atoms with Crippen molar-refractivity contribution in [1.82, 2.24) is 0 Å². The summed E-state index contributed by atoms with van der Waals surface area (Å²) in [5.41, 5.74) is 0. The first kappa shape index (κ1) is 22.6. The van der Waals surface area contributed by atoms with E-state index in [1.165, 1.54) is 0 Å². The van der Waals surface area contributed by atoms with Gasteiger partial charge in [0.15, 0.2) is 0 Å². The van der Waals surface area contributed by atoms with E-state index >= 15 is 0 Å². The highest BCUT2D eigenvalue weighted by atomic mass is 32.2. The summed E-state index contributed by atoms with van der Waals surface area (Å²) in [6, 6.07) is 7.56. The molecule has 0 spiro atoms. The number of ether oxygens (including phenoxy) is 2. The number of rotatable bonds is 14. The summed E-state index contributed by atoms with van der Waals surface area (Å²) in [7, 11) is 0. The average molecular weight is 381 g/mol. The molecule has 0 heterocycles. The minimum atomic E-state index is -0.170. The molecule has 0 aliphatic carbocycles. The first-order chi connectivity index (χ1) is 12.7. The lowest BCUT2D eigenvalue weighted by Crippen LogP contribution is -2.07. The lowest BCUT2D eigenvalue weighted by Gasteiger charge is -2.05. The molecule has 0 radical (unpaired) electrons. The van der Waals surface area contributed by atoms with E-state index in [1.807, 2.05) is 30.5 Å². The number of carbonyl (C=O) groups is 2. The van der Waals surface area contributed by atoms with Crippen LogP contribution in [0.5, 0.6) is 5.75 Å². The van der Waals surface area contributed by atoms with Gasteiger partial charge in [0.2, 0.25) is 0 Å². The second-order valence-corrected chi connectivity index (χ2v) is 7.22. The molecule has 4 nitrogen and oxygen atoms in total. The van der Waals surface area contributed by atoms with Gasteiger partial charge in [0.05, 0.1) is 6.61 Å². The van der Waals surface area contributed by atoms with Crippen molar-refractivity contribution >= 4 is 23.7 Å². The van der Waals surface area contributed by atoms with Crippen molar-refractivity contribution in [3.05, 3.63) is 24.3 Å². The molecule has 0 saturated carbocycles. The maximum atomic E-state index is 11.8. The lowest BCUT2D eigenvalue weighted by molar-refractivity contribution is -0.144. The Labute approximate surface area is 162 Å². The highest BCUT2D eigenvalue weighted by Gasteiger charge is 2.05. The molecule has 0 atom stereocenters. The van der Waals surface area contributed by atoms with Crippen LogP contribution in [-0.2, 0) is 14.3 Å². The molecule has 0 aliphatic heterocycles. The summed E-state index contributed by atoms with van der Waals surface area (Å²) in [6.07, 6.45) is 10.9. The summed E-state index contributed by atoms with van der Waals surface area (Å²) in [5.74, 6) is 0.363. The van der Waals surface area contributed by atoms with Crippen molar-refractivity contribution in [2.45, 2.75) is 76.0 Å². The summed E-state index contributed by atoms with van der Waals surface area (Å²) in [4.78, 5) is 24.4. The van der Waals surface area contributed by atoms with Crippen LogP contribution in [0.1, 0.15) is 71.1 Å². The van der Waals surface area contributed by atoms with Gasteiger partial charge < -0.3 is 9.47 Å². The number of unbranched alkanes of at least 4 members (excludes halogenated alkanes) is 6. The van der Waals surface area contributed by atoms with E-state index in [0.29, 0.717) is 25.2 Å². The summed E-state index contributed by atoms with van der Waals surface area (Å²) in [5, 5.41) is 0. The van der Waals surface area contributed by atoms with Gasteiger partial charge in [-0.2, -0.15) is 0 Å². The van der Waals surface area contributed by atoms with Crippen LogP contribution in [0.15, 0.2) is 29.2 Å². The number of carbonyl (C=O) groups excluding carboxylic acids is 2. The maximum Gasteiger partial charge on any atom is 0.311 e. The number of thioether (sulfide) groups is 1. The Morgan fingerprint density at radius 1 is 0.846 bits per heavy atom. The average Bonchev–Trinajstić information content (AvgIpc) is 2.64. The molecule has 0 aliphatic rings. The highest BCUT2D eigenvalue weighted by molar-refractivity contribution is 7.98. The Balaban J connectivity index is 1.96. The van der Waals surface area contributed by atoms with Crippen LogP contribution >= 0.6 is 11.8 Å². The zero-order chi connectivity index (χ0) is 19.0. The smallest absolute Gasteiger partial charge is 0.311 e. The third-order valence-electron chi connectivity index (χ3n) is 4.06. The number of hydrogen-bond donors (Lipinski definition) is 0. The lowest BCUT2D eigenvalue weighted by atomic mass is 10.1. The minimum Gasteiger partial charge on any atom is -0.466 e. The fraction of sp³-hybridized carbons (Fsp3) is 0.619. The van der Waals surface area contributed by atoms with E-state index in [2.05, 4.69) is 6.92 Å². The molecular formula is C21H32O4S. The second-order valence-electron chi connectivity index (χ2n) is 6.34. The van der Waals surface area contributed by atoms with Crippen molar-refractivity contribution < 1.29 is 19.1 Å². The van der Waals surface area contributed by atoms with E-state index in [-0.39, 0.29) is 11.9 Å². The van der Waals surface area contributed by atoms with Crippen LogP contribution in [0.3, 0.4) is 0 Å². The Kier molecular flexibility index (Phi) is 12.7. The van der Waals surface area contributed by atoms with Crippen LogP contribution < -0.4 is 4.74 Å². The number of hydrogen-bond acceptors (Lipinski definition) is 5. The summed E-state index contributed by atoms with van der Waals surface area (Å²) in [6.45, 7) is 2.63. The predicted molar refractivity (Wildman–Crippen MR) is 107 cm³/mol. The van der Waals surface area contributed by atoms with Crippen molar-refractivity contribution in [3.63, 3.8) is 0 Å². The molecule has 0 amide bonds. The summed E-state index contributed by atoms with van der Waals surface area (Å²) < 4.78 is 10.5. The Bertz CT molecular complexity index is 513. The Hall–Kier alpha value is -1.49. The van der Waals surface area contributed by atoms with Gasteiger partial charge in [-0.05, 0) is 49.8 Å². The van der Waals surface area contributed by atoms with Crippen LogP contribution in [0, 0.1) is 0 Å². The minimum absolute atomic E-state index is 0.0771. The van der Waals surface area contributed by atoms with E-state index in [0.717, 1.165) is 56.3 Å². The zero-order valence-corrected chi connectivity index (χ0v) is 16.9. The van der Waals surface area contributed by atoms with Gasteiger partial charge in [0.1, 0.15) is 5.75 Å². The van der Waals surface area contributed by atoms with E-state index in [9.17, 15) is 9.59 Å². The van der Waals surface area contributed by atoms with E-state index < -0.39 is 0 Å². The molecule has 1 aromatic rings. The Morgan fingerprint density at radius 3 is 2.00 bits per heavy atom. The van der Waals surface area contributed by atoms with Gasteiger partial charge in [-0.25, -0.2) is 0 Å². The quantitative estimate of drug-likeness (QED) is 0.177. The third kappa shape index (κ3) is 11.2. The standard InChI is InChI=1S/C21H32O4S/c1-3-4-17-24-20(22)11-9-7-5-6-8-10-12-21(23)25-18-13-15-19(26-2)16-14-18/h13-16H,3-12,17H2,1-2H3. The van der Waals surface area contributed by atoms with E-state index in [4.69, 9.17) is 9.47 Å². The SMILES string of the molecule is CCCCOC(=O)CCCCCCCCC(=O)Oc1ccc(SC)cc1. The van der Waals surface area contributed by atoms with Gasteiger partial charge in [-0.15, -0.1) is 11.8 Å². The molecule has 0 fully saturated rings. The van der Waals surface area contributed by atoms with Crippen LogP contribution in [0.2, 0.25) is 0 Å². The molecule has 5 heteroatoms. The fourth-order valence-corrected chi connectivity index (χ4v) is 2.88. The zero-order valence-electron chi connectivity index (χ0n) is 16.1. The van der Waals surface area contributed by atoms with Gasteiger partial charge in [0.25, 0.3) is 0 Å². The molecular weight excluding hydrogens is 348 g/mol. The molecule has 146 valence electrons. The van der Waals surface area contributed by atoms with Crippen molar-refractivity contribution in [3.8, 4) is 5.75 Å². The molecule has 1 aromatic carbocycles. The molecule has 26 heavy (non-hydrogen) atoms. The second kappa shape index (κ2) is 14.7. The third-order valence-corrected chi connectivity index (χ3v) is 4.81. The molecule has 0 aromatic heterocycles. The van der Waals surface area contributed by atoms with Crippen LogP contribution in [-0.4, -0.2) is 24.8 Å². The topological polar surface area (TPSA) is 52.6 Å². The molecule has 0 saturated heterocycles. The first-order valence-electron chi connectivity index (χ1n) is 9.66. The number of benzene rings is 1. The van der Waals surface area contributed by atoms with Crippen molar-refractivity contribution in [1.29, 1.82) is 0 Å². The maximum absolute atomic E-state index is 11.8. The molecule has 0 bridgehead atoms. The van der Waals surface area contributed by atoms with Gasteiger partial charge in [0, 0.05) is 17.7 Å². The van der Waals surface area contributed by atoms with Gasteiger partial charge >= 0.3 is 11.9 Å². The van der Waals surface area contributed by atoms with Crippen LogP contribution in [0.4, 0.5) is 0 Å². The normalized spacial score (nSPS) is 10.5. The Morgan fingerprint density at radius 2 is 1.42 bits per heavy atom. The molecule has 0 N–H and O–H groups in total. The highest BCUT2D eigenvalue weighted by Crippen LogP contribution is 2.19. The van der Waals surface area contributed by atoms with Crippen molar-refractivity contribution in [2.75, 3.05) is 12.9 Å². The molecule has 0 unspecified atom stereocenters. The summed E-state index contributed by atoms with van der Waals surface area (Å²) >= 11 is 1.66. The predicted octanol–water partition coefficient (Wildman–Crippen LogP) is 5.78. The van der Waals surface area contributed by atoms with Crippen LogP contribution in [0.25, 0.3) is 0 Å². The monoisotopic (exact) mass is 380 g/mol. The first-order valence-corrected chi connectivity index (χ1v) is 10.9. The van der Waals surface area contributed by atoms with Gasteiger partial charge in [-0.1, -0.05) is 39.0 Å². The largest absolute Gasteiger partial charge is 0.466 e.